The molecule has 1 fully saturated rings. The molecule has 0 bridgehead atoms. The van der Waals surface area contributed by atoms with Crippen molar-refractivity contribution in [1.29, 1.82) is 0 Å². The normalized spacial score (nSPS) is 16.6. The Kier molecular flexibility index (Phi) is 9.87. The minimum Gasteiger partial charge on any atom is -0.304 e. The second-order valence-electron chi connectivity index (χ2n) is 2.97. The summed E-state index contributed by atoms with van der Waals surface area (Å²) in [5, 5.41) is 0. The van der Waals surface area contributed by atoms with E-state index in [1.54, 1.807) is 0 Å². The smallest absolute Gasteiger partial charge is 0.0823 e. The first-order chi connectivity index (χ1) is 6.35. The quantitative estimate of drug-likeness (QED) is 0.634. The highest BCUT2D eigenvalue weighted by atomic mass is 17.2. The molecular weight excluding hydrogens is 166 g/mol. The van der Waals surface area contributed by atoms with E-state index in [1.807, 2.05) is 0 Å². The average Bonchev–Trinajstić information content (AvgIpc) is 2.24. The minimum absolute atomic E-state index is 0.778. The van der Waals surface area contributed by atoms with Gasteiger partial charge in [-0.25, -0.2) is 9.78 Å². The fourth-order valence-electron chi connectivity index (χ4n) is 1.11. The van der Waals surface area contributed by atoms with Gasteiger partial charge in [0.2, 0.25) is 0 Å². The third-order valence-electron chi connectivity index (χ3n) is 2.13. The SMILES string of the molecule is C1CCOOC1.CCN(CC)CC. The molecule has 0 N–H and O–H groups in total. The van der Waals surface area contributed by atoms with Gasteiger partial charge in [-0.05, 0) is 32.5 Å². The van der Waals surface area contributed by atoms with Gasteiger partial charge in [0.15, 0.2) is 0 Å². The molecular formula is C10H23NO2. The molecule has 1 aliphatic heterocycles. The van der Waals surface area contributed by atoms with E-state index in [0.717, 1.165) is 26.1 Å². The number of rotatable bonds is 3. The van der Waals surface area contributed by atoms with Crippen LogP contribution in [0.5, 0.6) is 0 Å². The summed E-state index contributed by atoms with van der Waals surface area (Å²) in [6, 6.07) is 0. The largest absolute Gasteiger partial charge is 0.304 e. The van der Waals surface area contributed by atoms with Crippen LogP contribution < -0.4 is 0 Å². The van der Waals surface area contributed by atoms with Crippen molar-refractivity contribution in [3.8, 4) is 0 Å². The molecule has 0 unspecified atom stereocenters. The number of hydrogen-bond acceptors (Lipinski definition) is 3. The van der Waals surface area contributed by atoms with Gasteiger partial charge in [0.05, 0.1) is 13.2 Å². The summed E-state index contributed by atoms with van der Waals surface area (Å²) in [7, 11) is 0. The van der Waals surface area contributed by atoms with Gasteiger partial charge < -0.3 is 4.90 Å². The van der Waals surface area contributed by atoms with E-state index in [4.69, 9.17) is 0 Å². The molecule has 0 aromatic rings. The predicted octanol–water partition coefficient (Wildman–Crippen LogP) is 2.08. The Bertz CT molecular complexity index is 73.9. The fourth-order valence-corrected chi connectivity index (χ4v) is 1.11. The maximum Gasteiger partial charge on any atom is 0.0823 e. The van der Waals surface area contributed by atoms with Gasteiger partial charge in [-0.3, -0.25) is 0 Å². The van der Waals surface area contributed by atoms with E-state index in [9.17, 15) is 0 Å². The summed E-state index contributed by atoms with van der Waals surface area (Å²) in [6.07, 6.45) is 2.31. The molecule has 1 rings (SSSR count). The van der Waals surface area contributed by atoms with Crippen LogP contribution in [-0.4, -0.2) is 37.7 Å². The zero-order valence-electron chi connectivity index (χ0n) is 9.21. The molecule has 0 atom stereocenters. The van der Waals surface area contributed by atoms with Crippen LogP contribution in [0.15, 0.2) is 0 Å². The predicted molar refractivity (Wildman–Crippen MR) is 54.6 cm³/mol. The molecule has 3 nitrogen and oxygen atoms in total. The van der Waals surface area contributed by atoms with Crippen molar-refractivity contribution in [2.45, 2.75) is 33.6 Å². The zero-order chi connectivity index (χ0) is 9.94. The molecule has 1 heterocycles. The first-order valence-electron chi connectivity index (χ1n) is 5.31. The first-order valence-corrected chi connectivity index (χ1v) is 5.31. The Labute approximate surface area is 81.9 Å². The Morgan fingerprint density at radius 1 is 0.846 bits per heavy atom. The van der Waals surface area contributed by atoms with Crippen molar-refractivity contribution in [1.82, 2.24) is 4.90 Å². The van der Waals surface area contributed by atoms with Crippen LogP contribution in [0.25, 0.3) is 0 Å². The van der Waals surface area contributed by atoms with Crippen LogP contribution in [0.4, 0.5) is 0 Å². The molecule has 13 heavy (non-hydrogen) atoms. The van der Waals surface area contributed by atoms with E-state index in [2.05, 4.69) is 35.4 Å². The summed E-state index contributed by atoms with van der Waals surface area (Å²) < 4.78 is 0. The van der Waals surface area contributed by atoms with E-state index in [1.165, 1.54) is 19.6 Å². The van der Waals surface area contributed by atoms with Gasteiger partial charge in [-0.1, -0.05) is 20.8 Å². The first kappa shape index (κ1) is 12.9. The van der Waals surface area contributed by atoms with E-state index < -0.39 is 0 Å². The lowest BCUT2D eigenvalue weighted by molar-refractivity contribution is -0.312. The van der Waals surface area contributed by atoms with Crippen molar-refractivity contribution in [3.63, 3.8) is 0 Å². The number of nitrogens with zero attached hydrogens (tertiary/aromatic N) is 1. The molecule has 0 radical (unpaired) electrons. The summed E-state index contributed by atoms with van der Waals surface area (Å²) in [5.74, 6) is 0. The van der Waals surface area contributed by atoms with Crippen molar-refractivity contribution < 1.29 is 9.78 Å². The van der Waals surface area contributed by atoms with Crippen molar-refractivity contribution >= 4 is 0 Å². The van der Waals surface area contributed by atoms with Gasteiger partial charge in [-0.15, -0.1) is 0 Å². The molecule has 0 aliphatic carbocycles. The third-order valence-corrected chi connectivity index (χ3v) is 2.13. The maximum absolute atomic E-state index is 4.57. The molecule has 3 heteroatoms. The second kappa shape index (κ2) is 9.96. The lowest BCUT2D eigenvalue weighted by atomic mass is 10.3. The summed E-state index contributed by atoms with van der Waals surface area (Å²) in [5.41, 5.74) is 0. The van der Waals surface area contributed by atoms with Crippen LogP contribution >= 0.6 is 0 Å². The molecule has 0 spiro atoms. The van der Waals surface area contributed by atoms with Crippen LogP contribution in [0.1, 0.15) is 33.6 Å². The van der Waals surface area contributed by atoms with Crippen molar-refractivity contribution in [2.24, 2.45) is 0 Å². The van der Waals surface area contributed by atoms with E-state index >= 15 is 0 Å². The van der Waals surface area contributed by atoms with Crippen LogP contribution in [0, 0.1) is 0 Å². The number of hydrogen-bond donors (Lipinski definition) is 0. The van der Waals surface area contributed by atoms with Crippen LogP contribution in [-0.2, 0) is 9.78 Å². The Balaban J connectivity index is 0.000000223. The van der Waals surface area contributed by atoms with Crippen LogP contribution in [0.2, 0.25) is 0 Å². The summed E-state index contributed by atoms with van der Waals surface area (Å²) in [4.78, 5) is 11.5. The molecule has 1 saturated heterocycles. The summed E-state index contributed by atoms with van der Waals surface area (Å²) in [6.45, 7) is 11.7. The fraction of sp³-hybridized carbons (Fsp3) is 1.00. The Morgan fingerprint density at radius 2 is 1.23 bits per heavy atom. The highest BCUT2D eigenvalue weighted by Gasteiger charge is 1.95. The zero-order valence-corrected chi connectivity index (χ0v) is 9.21. The van der Waals surface area contributed by atoms with Crippen molar-refractivity contribution in [2.75, 3.05) is 32.8 Å². The molecule has 80 valence electrons. The molecule has 0 aromatic heterocycles. The standard InChI is InChI=1S/C6H15N.C4H8O2/c1-4-7(5-2)6-3;1-2-4-6-5-3-1/h4-6H2,1-3H3;1-4H2. The van der Waals surface area contributed by atoms with E-state index in [-0.39, 0.29) is 0 Å². The molecule has 0 aromatic carbocycles. The highest BCUT2D eigenvalue weighted by molar-refractivity contribution is 4.43. The highest BCUT2D eigenvalue weighted by Crippen LogP contribution is 1.97. The third kappa shape index (κ3) is 8.22. The Hall–Kier alpha value is -0.120. The lowest BCUT2D eigenvalue weighted by Gasteiger charge is -2.13. The van der Waals surface area contributed by atoms with E-state index in [0.29, 0.717) is 0 Å². The second-order valence-corrected chi connectivity index (χ2v) is 2.97. The lowest BCUT2D eigenvalue weighted by Crippen LogP contribution is -2.21. The van der Waals surface area contributed by atoms with Gasteiger partial charge in [0, 0.05) is 0 Å². The van der Waals surface area contributed by atoms with Crippen LogP contribution in [0.3, 0.4) is 0 Å². The molecule has 1 aliphatic rings. The molecule has 0 saturated carbocycles. The summed E-state index contributed by atoms with van der Waals surface area (Å²) >= 11 is 0. The Morgan fingerprint density at radius 3 is 1.31 bits per heavy atom. The monoisotopic (exact) mass is 189 g/mol. The van der Waals surface area contributed by atoms with Gasteiger partial charge >= 0.3 is 0 Å². The maximum atomic E-state index is 4.57. The van der Waals surface area contributed by atoms with Gasteiger partial charge in [0.25, 0.3) is 0 Å². The van der Waals surface area contributed by atoms with Gasteiger partial charge in [0.1, 0.15) is 0 Å². The van der Waals surface area contributed by atoms with Gasteiger partial charge in [-0.2, -0.15) is 0 Å². The minimum atomic E-state index is 0.778. The van der Waals surface area contributed by atoms with Crippen molar-refractivity contribution in [3.05, 3.63) is 0 Å². The topological polar surface area (TPSA) is 21.7 Å². The molecule has 0 amide bonds. The average molecular weight is 189 g/mol.